The number of anilines is 1. The molecule has 0 aliphatic carbocycles. The van der Waals surface area contributed by atoms with Gasteiger partial charge in [0.15, 0.2) is 0 Å². The summed E-state index contributed by atoms with van der Waals surface area (Å²) in [6.07, 6.45) is 0. The van der Waals surface area contributed by atoms with Crippen molar-refractivity contribution in [3.05, 3.63) is 66.7 Å². The van der Waals surface area contributed by atoms with Crippen molar-refractivity contribution < 1.29 is 4.79 Å². The molecular formula is C18H15NO. The Morgan fingerprint density at radius 3 is 2.25 bits per heavy atom. The summed E-state index contributed by atoms with van der Waals surface area (Å²) in [5.41, 5.74) is 1.33. The van der Waals surface area contributed by atoms with E-state index < -0.39 is 0 Å². The number of hydrogen-bond acceptors (Lipinski definition) is 1. The Morgan fingerprint density at radius 2 is 1.55 bits per heavy atom. The van der Waals surface area contributed by atoms with Crippen LogP contribution in [0.15, 0.2) is 66.7 Å². The van der Waals surface area contributed by atoms with E-state index >= 15 is 0 Å². The van der Waals surface area contributed by atoms with Gasteiger partial charge in [0, 0.05) is 16.6 Å². The fraction of sp³-hybridized carbons (Fsp3) is 0.0556. The number of carbonyl (C=O) groups is 1. The van der Waals surface area contributed by atoms with Gasteiger partial charge < -0.3 is 5.32 Å². The van der Waals surface area contributed by atoms with Crippen molar-refractivity contribution >= 4 is 33.1 Å². The molecule has 0 bridgehead atoms. The molecule has 0 spiro atoms. The van der Waals surface area contributed by atoms with Crippen molar-refractivity contribution in [2.45, 2.75) is 6.92 Å². The quantitative estimate of drug-likeness (QED) is 0.534. The predicted octanol–water partition coefficient (Wildman–Crippen LogP) is 4.51. The molecule has 0 aliphatic rings. The van der Waals surface area contributed by atoms with E-state index in [1.807, 2.05) is 36.4 Å². The zero-order valence-corrected chi connectivity index (χ0v) is 11.3. The molecular weight excluding hydrogens is 246 g/mol. The van der Waals surface area contributed by atoms with E-state index in [0.717, 1.165) is 21.8 Å². The number of nitrogens with one attached hydrogen (secondary N) is 1. The molecule has 0 fully saturated rings. The zero-order chi connectivity index (χ0) is 14.1. The Bertz CT molecular complexity index is 833. The van der Waals surface area contributed by atoms with E-state index in [-0.39, 0.29) is 5.91 Å². The monoisotopic (exact) mass is 261 g/mol. The van der Waals surface area contributed by atoms with Crippen LogP contribution in [0, 0.1) is 0 Å². The molecule has 20 heavy (non-hydrogen) atoms. The van der Waals surface area contributed by atoms with Crippen LogP contribution in [0.1, 0.15) is 6.92 Å². The van der Waals surface area contributed by atoms with Crippen LogP contribution < -0.4 is 5.32 Å². The fourth-order valence-corrected chi connectivity index (χ4v) is 2.39. The summed E-state index contributed by atoms with van der Waals surface area (Å²) in [6.45, 7) is 5.39. The van der Waals surface area contributed by atoms with Crippen molar-refractivity contribution in [2.75, 3.05) is 5.32 Å². The highest BCUT2D eigenvalue weighted by Gasteiger charge is 2.09. The highest BCUT2D eigenvalue weighted by molar-refractivity contribution is 6.16. The number of fused-ring (bicyclic) bond motifs is 3. The average molecular weight is 261 g/mol. The predicted molar refractivity (Wildman–Crippen MR) is 84.9 cm³/mol. The summed E-state index contributed by atoms with van der Waals surface area (Å²) in [5.74, 6) is -0.148. The van der Waals surface area contributed by atoms with Crippen LogP contribution in [0.5, 0.6) is 0 Å². The van der Waals surface area contributed by atoms with E-state index in [1.54, 1.807) is 6.92 Å². The van der Waals surface area contributed by atoms with Gasteiger partial charge in [-0.2, -0.15) is 0 Å². The Balaban J connectivity index is 2.29. The third-order valence-corrected chi connectivity index (χ3v) is 3.40. The second kappa shape index (κ2) is 4.82. The molecule has 2 heteroatoms. The van der Waals surface area contributed by atoms with E-state index in [9.17, 15) is 4.79 Å². The van der Waals surface area contributed by atoms with Crippen LogP contribution >= 0.6 is 0 Å². The lowest BCUT2D eigenvalue weighted by molar-refractivity contribution is -0.112. The number of amides is 1. The molecule has 2 nitrogen and oxygen atoms in total. The van der Waals surface area contributed by atoms with E-state index in [4.69, 9.17) is 0 Å². The van der Waals surface area contributed by atoms with Crippen LogP contribution in [0.4, 0.5) is 5.69 Å². The molecule has 0 radical (unpaired) electrons. The van der Waals surface area contributed by atoms with Crippen molar-refractivity contribution in [1.29, 1.82) is 0 Å². The van der Waals surface area contributed by atoms with Gasteiger partial charge in [0.1, 0.15) is 0 Å². The van der Waals surface area contributed by atoms with Crippen LogP contribution in [0.25, 0.3) is 21.5 Å². The van der Waals surface area contributed by atoms with Crippen LogP contribution in [-0.4, -0.2) is 5.91 Å². The van der Waals surface area contributed by atoms with Gasteiger partial charge in [-0.15, -0.1) is 0 Å². The smallest absolute Gasteiger partial charge is 0.250 e. The lowest BCUT2D eigenvalue weighted by Gasteiger charge is -2.11. The van der Waals surface area contributed by atoms with E-state index in [1.165, 1.54) is 5.39 Å². The molecule has 1 N–H and O–H groups in total. The second-order valence-electron chi connectivity index (χ2n) is 4.93. The number of hydrogen-bond donors (Lipinski definition) is 1. The van der Waals surface area contributed by atoms with Gasteiger partial charge >= 0.3 is 0 Å². The molecule has 0 saturated heterocycles. The van der Waals surface area contributed by atoms with Crippen molar-refractivity contribution in [3.63, 3.8) is 0 Å². The van der Waals surface area contributed by atoms with Crippen molar-refractivity contribution in [2.24, 2.45) is 0 Å². The Labute approximate surface area is 117 Å². The highest BCUT2D eigenvalue weighted by atomic mass is 16.1. The molecule has 3 aromatic carbocycles. The molecule has 0 heterocycles. The molecule has 0 aliphatic heterocycles. The van der Waals surface area contributed by atoms with Crippen LogP contribution in [0.3, 0.4) is 0 Å². The summed E-state index contributed by atoms with van der Waals surface area (Å²) in [6, 6.07) is 18.3. The van der Waals surface area contributed by atoms with Gasteiger partial charge in [0.2, 0.25) is 0 Å². The minimum Gasteiger partial charge on any atom is -0.322 e. The van der Waals surface area contributed by atoms with Gasteiger partial charge in [-0.05, 0) is 29.1 Å². The Kier molecular flexibility index (Phi) is 2.99. The topological polar surface area (TPSA) is 29.1 Å². The maximum atomic E-state index is 11.9. The molecule has 3 rings (SSSR count). The zero-order valence-electron chi connectivity index (χ0n) is 11.3. The first kappa shape index (κ1) is 12.4. The number of carbonyl (C=O) groups excluding carboxylic acids is 1. The van der Waals surface area contributed by atoms with Crippen LogP contribution in [0.2, 0.25) is 0 Å². The third kappa shape index (κ3) is 2.05. The number of rotatable bonds is 2. The van der Waals surface area contributed by atoms with Gasteiger partial charge in [-0.3, -0.25) is 4.79 Å². The van der Waals surface area contributed by atoms with E-state index in [0.29, 0.717) is 5.57 Å². The summed E-state index contributed by atoms with van der Waals surface area (Å²) < 4.78 is 0. The lowest BCUT2D eigenvalue weighted by Crippen LogP contribution is -2.12. The normalized spacial score (nSPS) is 10.7. The summed E-state index contributed by atoms with van der Waals surface area (Å²) in [4.78, 5) is 11.9. The molecule has 0 atom stereocenters. The maximum absolute atomic E-state index is 11.9. The van der Waals surface area contributed by atoms with Gasteiger partial charge in [0.25, 0.3) is 5.91 Å². The third-order valence-electron chi connectivity index (χ3n) is 3.40. The highest BCUT2D eigenvalue weighted by Crippen LogP contribution is 2.31. The maximum Gasteiger partial charge on any atom is 0.250 e. The van der Waals surface area contributed by atoms with Crippen molar-refractivity contribution in [1.82, 2.24) is 0 Å². The molecule has 0 unspecified atom stereocenters. The van der Waals surface area contributed by atoms with Crippen molar-refractivity contribution in [3.8, 4) is 0 Å². The van der Waals surface area contributed by atoms with Gasteiger partial charge in [-0.25, -0.2) is 0 Å². The molecule has 0 saturated carbocycles. The summed E-state index contributed by atoms with van der Waals surface area (Å²) >= 11 is 0. The first-order valence-electron chi connectivity index (χ1n) is 6.54. The first-order valence-corrected chi connectivity index (χ1v) is 6.54. The summed E-state index contributed by atoms with van der Waals surface area (Å²) in [5, 5.41) is 7.43. The largest absolute Gasteiger partial charge is 0.322 e. The summed E-state index contributed by atoms with van der Waals surface area (Å²) in [7, 11) is 0. The minimum atomic E-state index is -0.148. The Hall–Kier alpha value is -2.61. The van der Waals surface area contributed by atoms with Gasteiger partial charge in [0.05, 0.1) is 0 Å². The molecule has 1 amide bonds. The molecule has 0 aromatic heterocycles. The first-order chi connectivity index (χ1) is 9.66. The minimum absolute atomic E-state index is 0.148. The average Bonchev–Trinajstić information content (AvgIpc) is 2.47. The fourth-order valence-electron chi connectivity index (χ4n) is 2.39. The van der Waals surface area contributed by atoms with Crippen LogP contribution in [-0.2, 0) is 4.79 Å². The van der Waals surface area contributed by atoms with Gasteiger partial charge in [-0.1, -0.05) is 55.1 Å². The van der Waals surface area contributed by atoms with E-state index in [2.05, 4.69) is 30.1 Å². The molecule has 98 valence electrons. The lowest BCUT2D eigenvalue weighted by atomic mass is 10.0. The number of benzene rings is 3. The molecule has 3 aromatic rings. The second-order valence-corrected chi connectivity index (χ2v) is 4.93. The SMILES string of the molecule is C=C(C)C(=O)Nc1cc2ccccc2c2ccccc12. The Morgan fingerprint density at radius 1 is 0.950 bits per heavy atom. The standard InChI is InChI=1S/C18H15NO/c1-12(2)18(20)19-17-11-13-7-3-4-8-14(13)15-9-5-6-10-16(15)17/h3-11H,1H2,2H3,(H,19,20).